The molecule has 2 aromatic rings. The zero-order valence-corrected chi connectivity index (χ0v) is 9.20. The highest BCUT2D eigenvalue weighted by molar-refractivity contribution is 5.87. The van der Waals surface area contributed by atoms with E-state index in [4.69, 9.17) is 9.84 Å². The third-order valence-electron chi connectivity index (χ3n) is 2.33. The highest BCUT2D eigenvalue weighted by Crippen LogP contribution is 2.31. The van der Waals surface area contributed by atoms with E-state index in [0.29, 0.717) is 0 Å². The van der Waals surface area contributed by atoms with E-state index in [2.05, 4.69) is 10.2 Å². The summed E-state index contributed by atoms with van der Waals surface area (Å²) in [5, 5.41) is 14.7. The van der Waals surface area contributed by atoms with Crippen molar-refractivity contribution in [2.45, 2.75) is 0 Å². The Kier molecular flexibility index (Phi) is 2.97. The molecule has 0 unspecified atom stereocenters. The molecule has 0 aliphatic heterocycles. The maximum Gasteiger partial charge on any atom is 0.353 e. The number of ether oxygens (including phenoxy) is 1. The van der Waals surface area contributed by atoms with Gasteiger partial charge in [-0.1, -0.05) is 0 Å². The number of methoxy groups -OCH3 is 1. The average Bonchev–Trinajstić information content (AvgIpc) is 2.81. The molecule has 0 amide bonds. The van der Waals surface area contributed by atoms with E-state index in [1.54, 1.807) is 0 Å². The predicted octanol–water partition coefficient (Wildman–Crippen LogP) is 2.06. The van der Waals surface area contributed by atoms with E-state index in [1.807, 2.05) is 0 Å². The van der Waals surface area contributed by atoms with Crippen molar-refractivity contribution < 1.29 is 23.4 Å². The molecule has 0 saturated carbocycles. The van der Waals surface area contributed by atoms with E-state index in [-0.39, 0.29) is 22.7 Å². The molecule has 0 radical (unpaired) electrons. The summed E-state index contributed by atoms with van der Waals surface area (Å²) in [4.78, 5) is 10.7. The monoisotopic (exact) mass is 254 g/mol. The van der Waals surface area contributed by atoms with Gasteiger partial charge in [-0.05, 0) is 12.1 Å². The minimum absolute atomic E-state index is 0.0670. The summed E-state index contributed by atoms with van der Waals surface area (Å²) in [5.74, 6) is -3.25. The molecule has 0 spiro atoms. The van der Waals surface area contributed by atoms with E-state index in [0.717, 1.165) is 12.1 Å². The number of hydrogen-bond donors (Lipinski definition) is 2. The van der Waals surface area contributed by atoms with Crippen LogP contribution in [0.5, 0.6) is 5.75 Å². The number of carboxylic acid groups (broad SMARTS) is 1. The minimum atomic E-state index is -1.20. The van der Waals surface area contributed by atoms with Crippen LogP contribution in [0, 0.1) is 11.6 Å². The van der Waals surface area contributed by atoms with Crippen LogP contribution in [0.1, 0.15) is 10.5 Å². The largest absolute Gasteiger partial charge is 0.496 e. The Hall–Kier alpha value is -2.44. The summed E-state index contributed by atoms with van der Waals surface area (Å²) < 4.78 is 31.1. The summed E-state index contributed by atoms with van der Waals surface area (Å²) in [6, 6.07) is 2.98. The number of carbonyl (C=O) groups is 1. The van der Waals surface area contributed by atoms with Gasteiger partial charge in [0, 0.05) is 11.6 Å². The van der Waals surface area contributed by atoms with Gasteiger partial charge in [-0.2, -0.15) is 5.10 Å². The zero-order valence-electron chi connectivity index (χ0n) is 9.20. The number of aromatic nitrogens is 2. The average molecular weight is 254 g/mol. The molecule has 2 rings (SSSR count). The van der Waals surface area contributed by atoms with E-state index >= 15 is 0 Å². The molecule has 0 atom stereocenters. The molecule has 94 valence electrons. The van der Waals surface area contributed by atoms with Gasteiger partial charge >= 0.3 is 5.97 Å². The van der Waals surface area contributed by atoms with E-state index in [1.165, 1.54) is 13.2 Å². The number of nitrogens with one attached hydrogen (secondary N) is 1. The number of hydrogen-bond acceptors (Lipinski definition) is 3. The predicted molar refractivity (Wildman–Crippen MR) is 57.5 cm³/mol. The molecule has 0 saturated heterocycles. The lowest BCUT2D eigenvalue weighted by atomic mass is 10.1. The lowest BCUT2D eigenvalue weighted by Crippen LogP contribution is -1.95. The third kappa shape index (κ3) is 2.02. The van der Waals surface area contributed by atoms with Gasteiger partial charge < -0.3 is 9.84 Å². The second-order valence-corrected chi connectivity index (χ2v) is 3.44. The zero-order chi connectivity index (χ0) is 13.3. The second-order valence-electron chi connectivity index (χ2n) is 3.44. The van der Waals surface area contributed by atoms with Crippen molar-refractivity contribution >= 4 is 5.97 Å². The number of benzene rings is 1. The summed E-state index contributed by atoms with van der Waals surface area (Å²) in [6.07, 6.45) is 0. The topological polar surface area (TPSA) is 75.2 Å². The highest BCUT2D eigenvalue weighted by atomic mass is 19.2. The van der Waals surface area contributed by atoms with Crippen LogP contribution in [0.15, 0.2) is 18.2 Å². The van der Waals surface area contributed by atoms with Crippen molar-refractivity contribution in [1.29, 1.82) is 0 Å². The van der Waals surface area contributed by atoms with Crippen LogP contribution in [0.4, 0.5) is 8.78 Å². The van der Waals surface area contributed by atoms with Crippen molar-refractivity contribution in [1.82, 2.24) is 10.2 Å². The Morgan fingerprint density at radius 2 is 2.00 bits per heavy atom. The van der Waals surface area contributed by atoms with E-state index < -0.39 is 17.6 Å². The summed E-state index contributed by atoms with van der Waals surface area (Å²) in [7, 11) is 1.29. The van der Waals surface area contributed by atoms with Crippen LogP contribution in [0.25, 0.3) is 11.3 Å². The molecule has 18 heavy (non-hydrogen) atoms. The first kappa shape index (κ1) is 12.0. The SMILES string of the molecule is COc1cc(F)c(F)cc1-c1cc(C(=O)O)[nH]n1. The Balaban J connectivity index is 2.55. The molecule has 2 N–H and O–H groups in total. The van der Waals surface area contributed by atoms with Crippen molar-refractivity contribution in [3.05, 3.63) is 35.5 Å². The number of aromatic carboxylic acids is 1. The van der Waals surface area contributed by atoms with Crippen molar-refractivity contribution in [3.63, 3.8) is 0 Å². The van der Waals surface area contributed by atoms with Crippen molar-refractivity contribution in [3.8, 4) is 17.0 Å². The molecular formula is C11H8F2N2O3. The Morgan fingerprint density at radius 3 is 2.56 bits per heavy atom. The van der Waals surface area contributed by atoms with Gasteiger partial charge in [0.15, 0.2) is 11.6 Å². The molecule has 1 aromatic heterocycles. The molecule has 0 aliphatic carbocycles. The lowest BCUT2D eigenvalue weighted by molar-refractivity contribution is 0.0690. The molecule has 0 fully saturated rings. The number of H-pyrrole nitrogens is 1. The first-order chi connectivity index (χ1) is 8.52. The summed E-state index contributed by atoms with van der Waals surface area (Å²) >= 11 is 0. The number of rotatable bonds is 3. The van der Waals surface area contributed by atoms with Gasteiger partial charge in [0.05, 0.1) is 12.8 Å². The fourth-order valence-corrected chi connectivity index (χ4v) is 1.47. The molecule has 1 aromatic carbocycles. The van der Waals surface area contributed by atoms with Crippen molar-refractivity contribution in [2.24, 2.45) is 0 Å². The van der Waals surface area contributed by atoms with Gasteiger partial charge in [-0.25, -0.2) is 13.6 Å². The van der Waals surface area contributed by atoms with Gasteiger partial charge in [-0.3, -0.25) is 5.10 Å². The highest BCUT2D eigenvalue weighted by Gasteiger charge is 2.16. The van der Waals surface area contributed by atoms with Gasteiger partial charge in [-0.15, -0.1) is 0 Å². The maximum atomic E-state index is 13.2. The number of carboxylic acids is 1. The van der Waals surface area contributed by atoms with Gasteiger partial charge in [0.2, 0.25) is 0 Å². The van der Waals surface area contributed by atoms with Crippen LogP contribution in [-0.4, -0.2) is 28.4 Å². The number of nitrogens with zero attached hydrogens (tertiary/aromatic N) is 1. The second kappa shape index (κ2) is 4.44. The molecule has 0 aliphatic rings. The maximum absolute atomic E-state index is 13.2. The fourth-order valence-electron chi connectivity index (χ4n) is 1.47. The van der Waals surface area contributed by atoms with Gasteiger partial charge in [0.1, 0.15) is 11.4 Å². The van der Waals surface area contributed by atoms with Gasteiger partial charge in [0.25, 0.3) is 0 Å². The van der Waals surface area contributed by atoms with Crippen LogP contribution >= 0.6 is 0 Å². The third-order valence-corrected chi connectivity index (χ3v) is 2.33. The van der Waals surface area contributed by atoms with Crippen LogP contribution in [0.3, 0.4) is 0 Å². The van der Waals surface area contributed by atoms with E-state index in [9.17, 15) is 13.6 Å². The standard InChI is InChI=1S/C11H8F2N2O3/c1-18-10-3-7(13)6(12)2-5(10)8-4-9(11(16)17)15-14-8/h2-4H,1H3,(H,14,15)(H,16,17). The Morgan fingerprint density at radius 1 is 1.33 bits per heavy atom. The number of halogens is 2. The minimum Gasteiger partial charge on any atom is -0.496 e. The molecule has 0 bridgehead atoms. The molecule has 7 heteroatoms. The normalized spacial score (nSPS) is 10.4. The smallest absolute Gasteiger partial charge is 0.353 e. The first-order valence-corrected chi connectivity index (χ1v) is 4.85. The Bertz CT molecular complexity index is 610. The quantitative estimate of drug-likeness (QED) is 0.879. The Labute approximate surface area is 100 Å². The molecule has 5 nitrogen and oxygen atoms in total. The number of aromatic amines is 1. The molecular weight excluding hydrogens is 246 g/mol. The summed E-state index contributed by atoms with van der Waals surface area (Å²) in [5.41, 5.74) is 0.167. The van der Waals surface area contributed by atoms with Crippen LogP contribution in [-0.2, 0) is 0 Å². The fraction of sp³-hybridized carbons (Fsp3) is 0.0909. The first-order valence-electron chi connectivity index (χ1n) is 4.85. The molecule has 1 heterocycles. The van der Waals surface area contributed by atoms with Crippen LogP contribution in [0.2, 0.25) is 0 Å². The van der Waals surface area contributed by atoms with Crippen LogP contribution < -0.4 is 4.74 Å². The lowest BCUT2D eigenvalue weighted by Gasteiger charge is -2.06. The van der Waals surface area contributed by atoms with Crippen molar-refractivity contribution in [2.75, 3.05) is 7.11 Å². The summed E-state index contributed by atoms with van der Waals surface area (Å²) in [6.45, 7) is 0.